The average molecular weight is 376 g/mol. The van der Waals surface area contributed by atoms with Gasteiger partial charge in [-0.2, -0.15) is 0 Å². The zero-order chi connectivity index (χ0) is 19.8. The molecule has 0 aliphatic carbocycles. The number of hydrogen-bond acceptors (Lipinski definition) is 4. The molecule has 2 amide bonds. The number of unbranched alkanes of at least 4 members (excludes halogenated alkanes) is 5. The molecule has 0 saturated heterocycles. The van der Waals surface area contributed by atoms with E-state index in [0.29, 0.717) is 12.6 Å². The molecule has 26 heavy (non-hydrogen) atoms. The van der Waals surface area contributed by atoms with E-state index in [-0.39, 0.29) is 27.4 Å². The minimum Gasteiger partial charge on any atom is -0.369 e. The largest absolute Gasteiger partial charge is 0.369 e. The Morgan fingerprint density at radius 3 is 1.92 bits per heavy atom. The smallest absolute Gasteiger partial charge is 0.246 e. The Balaban J connectivity index is -0.00000312. The molecule has 1 unspecified atom stereocenters. The summed E-state index contributed by atoms with van der Waals surface area (Å²) in [5.74, 6) is 0.0819. The lowest BCUT2D eigenvalue weighted by molar-refractivity contribution is -0.127. The van der Waals surface area contributed by atoms with E-state index in [0.717, 1.165) is 45.2 Å². The Bertz CT molecular complexity index is 386. The molecule has 0 bridgehead atoms. The third-order valence-electron chi connectivity index (χ3n) is 4.53. The van der Waals surface area contributed by atoms with Gasteiger partial charge in [-0.05, 0) is 47.1 Å². The number of carbonyl (C=O) groups excluding carboxylic acids is 2. The van der Waals surface area contributed by atoms with Crippen molar-refractivity contribution in [3.63, 3.8) is 0 Å². The summed E-state index contributed by atoms with van der Waals surface area (Å²) < 4.78 is 5.25. The van der Waals surface area contributed by atoms with Crippen molar-refractivity contribution >= 4 is 11.8 Å². The van der Waals surface area contributed by atoms with Gasteiger partial charge in [-0.3, -0.25) is 14.5 Å². The van der Waals surface area contributed by atoms with Gasteiger partial charge in [0.2, 0.25) is 11.8 Å². The predicted octanol–water partition coefficient (Wildman–Crippen LogP) is 3.21. The predicted molar refractivity (Wildman–Crippen MR) is 111 cm³/mol. The molecule has 0 aliphatic heterocycles. The number of carbonyl (C=O) groups is 2. The van der Waals surface area contributed by atoms with Crippen LogP contribution in [0.5, 0.6) is 0 Å². The summed E-state index contributed by atoms with van der Waals surface area (Å²) in [6, 6.07) is 0.438. The van der Waals surface area contributed by atoms with Crippen LogP contribution in [0, 0.1) is 0 Å². The summed E-state index contributed by atoms with van der Waals surface area (Å²) in [6.45, 7) is 10.2. The molecule has 0 radical (unpaired) electrons. The number of ether oxygens (including phenoxy) is 1. The third kappa shape index (κ3) is 15.1. The Morgan fingerprint density at radius 1 is 0.923 bits per heavy atom. The first-order valence-electron chi connectivity index (χ1n) is 10.2. The van der Waals surface area contributed by atoms with Crippen LogP contribution < -0.4 is 10.6 Å². The molecule has 2 N–H and O–H groups in total. The molecule has 0 rings (SSSR count). The number of likely N-dealkylation sites (N-methyl/N-ethyl adjacent to an activating group) is 1. The lowest BCUT2D eigenvalue weighted by Gasteiger charge is -2.22. The van der Waals surface area contributed by atoms with Crippen molar-refractivity contribution in [3.8, 4) is 0 Å². The molecule has 0 heterocycles. The highest BCUT2D eigenvalue weighted by Crippen LogP contribution is 2.04. The fourth-order valence-electron chi connectivity index (χ4n) is 2.46. The fraction of sp³-hybridized carbons (Fsp3) is 0.900. The van der Waals surface area contributed by atoms with E-state index in [1.807, 2.05) is 20.9 Å². The van der Waals surface area contributed by atoms with Gasteiger partial charge in [0, 0.05) is 22.0 Å². The molecule has 0 aromatic rings. The first-order chi connectivity index (χ1) is 12.4. The maximum absolute atomic E-state index is 11.8. The molecule has 0 aliphatic rings. The van der Waals surface area contributed by atoms with Crippen LogP contribution in [0.1, 0.15) is 75.5 Å². The second-order valence-electron chi connectivity index (χ2n) is 7.35. The molecule has 0 aromatic carbocycles. The summed E-state index contributed by atoms with van der Waals surface area (Å²) in [5, 5.41) is 5.87. The molecule has 1 atom stereocenters. The van der Waals surface area contributed by atoms with Gasteiger partial charge in [-0.15, -0.1) is 0 Å². The van der Waals surface area contributed by atoms with Crippen LogP contribution in [-0.4, -0.2) is 62.1 Å². The van der Waals surface area contributed by atoms with Gasteiger partial charge < -0.3 is 15.4 Å². The average Bonchev–Trinajstić information content (AvgIpc) is 2.60. The normalized spacial score (nSPS) is 12.4. The summed E-state index contributed by atoms with van der Waals surface area (Å²) in [7, 11) is 1.99. The third-order valence-corrected chi connectivity index (χ3v) is 4.53. The highest BCUT2D eigenvalue weighted by atomic mass is 16.5. The van der Waals surface area contributed by atoms with Crippen molar-refractivity contribution in [2.24, 2.45) is 0 Å². The second kappa shape index (κ2) is 16.1. The fourth-order valence-corrected chi connectivity index (χ4v) is 2.46. The summed E-state index contributed by atoms with van der Waals surface area (Å²) in [6.07, 6.45) is 7.78. The number of amides is 2. The molecule has 0 fully saturated rings. The van der Waals surface area contributed by atoms with Gasteiger partial charge in [0.05, 0.1) is 12.6 Å². The van der Waals surface area contributed by atoms with Crippen LogP contribution >= 0.6 is 0 Å². The second-order valence-corrected chi connectivity index (χ2v) is 7.35. The van der Waals surface area contributed by atoms with Crippen LogP contribution in [0.25, 0.3) is 0 Å². The standard InChI is InChI=1S/C20H41N3O3.2H2/c1-6-18(4)23(5)15-19(24)21-13-11-9-7-8-10-12-14-22-20(25)16-26-17(2)3;;/h17-18H,6-16H2,1-5H3,(H,21,24)(H,22,25);2*1H. The number of nitrogens with one attached hydrogen (secondary N) is 2. The summed E-state index contributed by atoms with van der Waals surface area (Å²) >= 11 is 0. The van der Waals surface area contributed by atoms with E-state index in [2.05, 4.69) is 29.4 Å². The van der Waals surface area contributed by atoms with Crippen molar-refractivity contribution in [1.82, 2.24) is 15.5 Å². The summed E-state index contributed by atoms with van der Waals surface area (Å²) in [4.78, 5) is 25.4. The molecule has 0 spiro atoms. The lowest BCUT2D eigenvalue weighted by Crippen LogP contribution is -2.39. The zero-order valence-corrected chi connectivity index (χ0v) is 17.6. The topological polar surface area (TPSA) is 70.7 Å². The first-order valence-corrected chi connectivity index (χ1v) is 10.2. The summed E-state index contributed by atoms with van der Waals surface area (Å²) in [5.41, 5.74) is 0. The number of rotatable bonds is 16. The SMILES string of the molecule is CCC(C)N(C)CC(=O)NCCCCCCCCNC(=O)COC(C)C.[HH].[HH]. The molecule has 0 aromatic heterocycles. The Morgan fingerprint density at radius 2 is 1.42 bits per heavy atom. The van der Waals surface area contributed by atoms with Crippen LogP contribution in [0.4, 0.5) is 0 Å². The minimum absolute atomic E-state index is 0. The Kier molecular flexibility index (Phi) is 15.4. The molecule has 6 heteroatoms. The Hall–Kier alpha value is -1.14. The van der Waals surface area contributed by atoms with Gasteiger partial charge >= 0.3 is 0 Å². The van der Waals surface area contributed by atoms with Crippen LogP contribution in [0.3, 0.4) is 0 Å². The van der Waals surface area contributed by atoms with E-state index in [4.69, 9.17) is 4.74 Å². The highest BCUT2D eigenvalue weighted by Gasteiger charge is 2.10. The van der Waals surface area contributed by atoms with Gasteiger partial charge in [-0.1, -0.05) is 32.6 Å². The molecular formula is C20H45N3O3. The molecule has 0 saturated carbocycles. The van der Waals surface area contributed by atoms with Crippen LogP contribution in [0.15, 0.2) is 0 Å². The van der Waals surface area contributed by atoms with Crippen LogP contribution in [0.2, 0.25) is 0 Å². The lowest BCUT2D eigenvalue weighted by atomic mass is 10.1. The van der Waals surface area contributed by atoms with E-state index in [9.17, 15) is 9.59 Å². The number of nitrogens with zero attached hydrogens (tertiary/aromatic N) is 1. The van der Waals surface area contributed by atoms with E-state index < -0.39 is 0 Å². The monoisotopic (exact) mass is 375 g/mol. The first kappa shape index (κ1) is 24.9. The van der Waals surface area contributed by atoms with Gasteiger partial charge in [-0.25, -0.2) is 0 Å². The van der Waals surface area contributed by atoms with Crippen molar-refractivity contribution in [3.05, 3.63) is 0 Å². The van der Waals surface area contributed by atoms with Gasteiger partial charge in [0.1, 0.15) is 6.61 Å². The minimum atomic E-state index is -0.0339. The van der Waals surface area contributed by atoms with E-state index in [1.54, 1.807) is 0 Å². The van der Waals surface area contributed by atoms with Crippen molar-refractivity contribution < 1.29 is 17.2 Å². The van der Waals surface area contributed by atoms with Crippen molar-refractivity contribution in [1.29, 1.82) is 0 Å². The molecular weight excluding hydrogens is 330 g/mol. The van der Waals surface area contributed by atoms with Gasteiger partial charge in [0.25, 0.3) is 0 Å². The quantitative estimate of drug-likeness (QED) is 0.406. The zero-order valence-electron chi connectivity index (χ0n) is 17.6. The van der Waals surface area contributed by atoms with E-state index >= 15 is 0 Å². The molecule has 6 nitrogen and oxygen atoms in total. The van der Waals surface area contributed by atoms with Crippen molar-refractivity contribution in [2.75, 3.05) is 33.3 Å². The van der Waals surface area contributed by atoms with Gasteiger partial charge in [0.15, 0.2) is 0 Å². The van der Waals surface area contributed by atoms with Crippen molar-refractivity contribution in [2.45, 2.75) is 84.8 Å². The highest BCUT2D eigenvalue weighted by molar-refractivity contribution is 5.78. The maximum Gasteiger partial charge on any atom is 0.246 e. The molecule has 158 valence electrons. The maximum atomic E-state index is 11.8. The van der Waals surface area contributed by atoms with E-state index in [1.165, 1.54) is 12.8 Å². The number of hydrogen-bond donors (Lipinski definition) is 2. The van der Waals surface area contributed by atoms with Crippen LogP contribution in [-0.2, 0) is 14.3 Å². The Labute approximate surface area is 163 Å².